The fraction of sp³-hybridized carbons (Fsp3) is 0.512. The lowest BCUT2D eigenvalue weighted by molar-refractivity contribution is -0.139. The number of ketones is 3. The van der Waals surface area contributed by atoms with Gasteiger partial charge in [0.25, 0.3) is 0 Å². The van der Waals surface area contributed by atoms with Crippen molar-refractivity contribution in [3.05, 3.63) is 71.2 Å². The van der Waals surface area contributed by atoms with Gasteiger partial charge >= 0.3 is 0 Å². The van der Waals surface area contributed by atoms with Gasteiger partial charge in [0.2, 0.25) is 5.91 Å². The maximum Gasteiger partial charge on any atom is 0.245 e. The molecular formula is C41H48N6O4. The molecule has 266 valence electrons. The van der Waals surface area contributed by atoms with E-state index in [1.54, 1.807) is 22.0 Å². The van der Waals surface area contributed by atoms with Crippen molar-refractivity contribution in [3.8, 4) is 11.1 Å². The molecule has 10 nitrogen and oxygen atoms in total. The molecule has 0 spiro atoms. The maximum atomic E-state index is 14.5. The molecule has 0 radical (unpaired) electrons. The molecule has 2 aliphatic heterocycles. The Labute approximate surface area is 299 Å². The van der Waals surface area contributed by atoms with E-state index in [-0.39, 0.29) is 47.7 Å². The van der Waals surface area contributed by atoms with Gasteiger partial charge in [-0.2, -0.15) is 5.10 Å². The Balaban J connectivity index is 1.30. The van der Waals surface area contributed by atoms with Crippen LogP contribution < -0.4 is 0 Å². The van der Waals surface area contributed by atoms with Crippen LogP contribution >= 0.6 is 0 Å². The Morgan fingerprint density at radius 2 is 1.71 bits per heavy atom. The third-order valence-electron chi connectivity index (χ3n) is 11.9. The fourth-order valence-corrected chi connectivity index (χ4v) is 8.59. The van der Waals surface area contributed by atoms with Crippen molar-refractivity contribution >= 4 is 34.2 Å². The lowest BCUT2D eigenvalue weighted by Gasteiger charge is -2.27. The average molecular weight is 689 g/mol. The molecule has 5 heterocycles. The zero-order chi connectivity index (χ0) is 36.0. The molecular weight excluding hydrogens is 640 g/mol. The van der Waals surface area contributed by atoms with Gasteiger partial charge in [0.15, 0.2) is 11.6 Å². The van der Waals surface area contributed by atoms with Crippen LogP contribution in [-0.4, -0.2) is 65.0 Å². The number of hydrogen-bond donors (Lipinski definition) is 0. The highest BCUT2D eigenvalue weighted by Crippen LogP contribution is 2.62. The quantitative estimate of drug-likeness (QED) is 0.214. The van der Waals surface area contributed by atoms with Crippen LogP contribution in [0.5, 0.6) is 0 Å². The first-order valence-corrected chi connectivity index (χ1v) is 18.5. The number of aromatic nitrogens is 5. The summed E-state index contributed by atoms with van der Waals surface area (Å²) >= 11 is 0. The summed E-state index contributed by atoms with van der Waals surface area (Å²) in [6.07, 6.45) is 10.3. The van der Waals surface area contributed by atoms with Gasteiger partial charge in [0, 0.05) is 60.5 Å². The van der Waals surface area contributed by atoms with Crippen molar-refractivity contribution in [1.29, 1.82) is 0 Å². The summed E-state index contributed by atoms with van der Waals surface area (Å²) < 4.78 is 1.70. The second-order valence-electron chi connectivity index (χ2n) is 15.6. The van der Waals surface area contributed by atoms with Crippen LogP contribution in [0, 0.1) is 31.1 Å². The monoisotopic (exact) mass is 688 g/mol. The minimum atomic E-state index is -0.599. The number of Topliss-reactive ketones (excluding diaryl/α,β-unsaturated/α-hetero) is 3. The molecule has 1 saturated carbocycles. The SMILES string of the molecule is CC(=O)c1nn2c3c(cc(-c4cnc(C)nc4)cc13)CCCC(C)C(C)CCC(=O)CC[C@@]13C[C@@H](C(=O)Cc4cccc(C)n4)N(C(=O)C2)[C@@H]1C3. The molecule has 2 unspecified atom stereocenters. The van der Waals surface area contributed by atoms with Crippen molar-refractivity contribution in [2.24, 2.45) is 17.3 Å². The van der Waals surface area contributed by atoms with E-state index in [1.807, 2.05) is 38.1 Å². The van der Waals surface area contributed by atoms with E-state index in [0.717, 1.165) is 60.0 Å². The van der Waals surface area contributed by atoms with Crippen LogP contribution in [0.4, 0.5) is 0 Å². The van der Waals surface area contributed by atoms with Crippen LogP contribution in [-0.2, 0) is 33.8 Å². The minimum Gasteiger partial charge on any atom is -0.327 e. The van der Waals surface area contributed by atoms with Crippen LogP contribution in [0.25, 0.3) is 22.0 Å². The summed E-state index contributed by atoms with van der Waals surface area (Å²) in [5.74, 6) is 1.38. The maximum absolute atomic E-state index is 14.5. The number of hydrogen-bond acceptors (Lipinski definition) is 8. The molecule has 10 heteroatoms. The van der Waals surface area contributed by atoms with Gasteiger partial charge in [0.05, 0.1) is 18.0 Å². The summed E-state index contributed by atoms with van der Waals surface area (Å²) in [6, 6.07) is 9.04. The molecule has 51 heavy (non-hydrogen) atoms. The zero-order valence-corrected chi connectivity index (χ0v) is 30.4. The van der Waals surface area contributed by atoms with Crippen molar-refractivity contribution in [2.45, 2.75) is 117 Å². The van der Waals surface area contributed by atoms with Crippen molar-refractivity contribution in [2.75, 3.05) is 0 Å². The Hall–Kier alpha value is -4.60. The van der Waals surface area contributed by atoms with E-state index in [0.29, 0.717) is 60.1 Å². The van der Waals surface area contributed by atoms with Crippen molar-refractivity contribution < 1.29 is 19.2 Å². The molecule has 5 atom stereocenters. The third kappa shape index (κ3) is 7.02. The zero-order valence-electron chi connectivity index (χ0n) is 30.4. The Kier molecular flexibility index (Phi) is 9.46. The summed E-state index contributed by atoms with van der Waals surface area (Å²) in [6.45, 7) is 9.68. The number of pyridine rings is 1. The predicted octanol–water partition coefficient (Wildman–Crippen LogP) is 6.62. The Morgan fingerprint density at radius 3 is 2.45 bits per heavy atom. The number of carbonyl (C=O) groups is 4. The molecule has 1 saturated heterocycles. The van der Waals surface area contributed by atoms with Gasteiger partial charge in [-0.05, 0) is 105 Å². The summed E-state index contributed by atoms with van der Waals surface area (Å²) in [5.41, 5.74) is 5.14. The molecule has 7 rings (SSSR count). The van der Waals surface area contributed by atoms with E-state index in [9.17, 15) is 19.2 Å². The average Bonchev–Trinajstić information content (AvgIpc) is 3.51. The fourth-order valence-electron chi connectivity index (χ4n) is 8.59. The smallest absolute Gasteiger partial charge is 0.245 e. The van der Waals surface area contributed by atoms with Crippen LogP contribution in [0.2, 0.25) is 0 Å². The highest BCUT2D eigenvalue weighted by molar-refractivity contribution is 6.07. The van der Waals surface area contributed by atoms with Gasteiger partial charge in [0.1, 0.15) is 23.8 Å². The van der Waals surface area contributed by atoms with E-state index in [4.69, 9.17) is 5.10 Å². The van der Waals surface area contributed by atoms with Crippen LogP contribution in [0.3, 0.4) is 0 Å². The molecule has 0 N–H and O–H groups in total. The van der Waals surface area contributed by atoms with E-state index in [2.05, 4.69) is 34.9 Å². The second-order valence-corrected chi connectivity index (χ2v) is 15.6. The standard InChI is InChI=1S/C41H48N6O4/c1-24-8-6-10-29-16-30(31-21-42-28(5)43-22-31)17-34-39(27(4)48)45-46(40(29)34)23-38(51)47-35(36(50)18-32-11-7-9-26(3)44-32)19-41(20-37(41)47)15-14-33(49)13-12-25(24)2/h7,9,11,16-17,21-22,24-25,35,37H,6,8,10,12-15,18-20,23H2,1-5H3/t24?,25?,35-,37+,41-/m0/s1. The normalized spacial score (nSPS) is 25.7. The number of aryl methyl sites for hydroxylation is 3. The van der Waals surface area contributed by atoms with E-state index in [1.165, 1.54) is 6.92 Å². The Morgan fingerprint density at radius 1 is 0.941 bits per heavy atom. The van der Waals surface area contributed by atoms with Gasteiger partial charge in [-0.3, -0.25) is 28.8 Å². The summed E-state index contributed by atoms with van der Waals surface area (Å²) in [5, 5.41) is 5.51. The van der Waals surface area contributed by atoms with Crippen LogP contribution in [0.1, 0.15) is 105 Å². The lowest BCUT2D eigenvalue weighted by atomic mass is 9.85. The van der Waals surface area contributed by atoms with E-state index >= 15 is 0 Å². The molecule has 1 aromatic carbocycles. The Bertz CT molecular complexity index is 2020. The molecule has 3 aliphatic rings. The number of amides is 1. The number of piperidine rings is 1. The molecule has 1 amide bonds. The number of benzene rings is 1. The van der Waals surface area contributed by atoms with Gasteiger partial charge in [-0.25, -0.2) is 9.97 Å². The third-order valence-corrected chi connectivity index (χ3v) is 11.9. The van der Waals surface area contributed by atoms with Crippen molar-refractivity contribution in [1.82, 2.24) is 29.6 Å². The number of nitrogens with zero attached hydrogens (tertiary/aromatic N) is 6. The van der Waals surface area contributed by atoms with E-state index < -0.39 is 6.04 Å². The number of carbonyl (C=O) groups excluding carboxylic acids is 4. The summed E-state index contributed by atoms with van der Waals surface area (Å²) in [7, 11) is 0. The highest BCUT2D eigenvalue weighted by Gasteiger charge is 2.66. The number of rotatable bonds is 5. The van der Waals surface area contributed by atoms with Gasteiger partial charge in [-0.15, -0.1) is 0 Å². The highest BCUT2D eigenvalue weighted by atomic mass is 16.2. The molecule has 2 bridgehead atoms. The molecule has 1 aliphatic carbocycles. The van der Waals surface area contributed by atoms with Crippen molar-refractivity contribution in [3.63, 3.8) is 0 Å². The first kappa shape index (κ1) is 34.8. The van der Waals surface area contributed by atoms with Gasteiger partial charge in [-0.1, -0.05) is 26.3 Å². The topological polar surface area (TPSA) is 128 Å². The second kappa shape index (κ2) is 13.8. The van der Waals surface area contributed by atoms with Crippen LogP contribution in [0.15, 0.2) is 42.7 Å². The summed E-state index contributed by atoms with van der Waals surface area (Å²) in [4.78, 5) is 70.0. The minimum absolute atomic E-state index is 0.0338. The predicted molar refractivity (Wildman–Crippen MR) is 194 cm³/mol. The molecule has 2 fully saturated rings. The first-order chi connectivity index (χ1) is 24.4. The molecule has 4 aromatic rings. The van der Waals surface area contributed by atoms with Gasteiger partial charge < -0.3 is 4.90 Å². The molecule has 3 aromatic heterocycles. The lowest BCUT2D eigenvalue weighted by Crippen LogP contribution is -2.45. The largest absolute Gasteiger partial charge is 0.327 e. The first-order valence-electron chi connectivity index (χ1n) is 18.5.